The Kier molecular flexibility index (Phi) is 6.54. The average molecular weight is 386 g/mol. The first-order valence-corrected chi connectivity index (χ1v) is 10.5. The van der Waals surface area contributed by atoms with E-state index in [4.69, 9.17) is 19.0 Å². The molecule has 7 heteroatoms. The maximum atomic E-state index is 5.65. The number of methoxy groups -OCH3 is 1. The Morgan fingerprint density at radius 2 is 2.00 bits per heavy atom. The summed E-state index contributed by atoms with van der Waals surface area (Å²) in [5.41, 5.74) is 0.839. The molecule has 1 saturated heterocycles. The number of rotatable bonds is 8. The Morgan fingerprint density at radius 3 is 2.79 bits per heavy atom. The molecule has 0 bridgehead atoms. The van der Waals surface area contributed by atoms with E-state index in [1.54, 1.807) is 13.3 Å². The van der Waals surface area contributed by atoms with Gasteiger partial charge in [-0.05, 0) is 44.2 Å². The maximum Gasteiger partial charge on any atom is 0.244 e. The predicted molar refractivity (Wildman–Crippen MR) is 105 cm³/mol. The number of aromatic nitrogens is 3. The lowest BCUT2D eigenvalue weighted by atomic mass is 9.89. The van der Waals surface area contributed by atoms with Gasteiger partial charge in [0.15, 0.2) is 0 Å². The van der Waals surface area contributed by atoms with E-state index < -0.39 is 0 Å². The van der Waals surface area contributed by atoms with Gasteiger partial charge in [0.2, 0.25) is 17.6 Å². The van der Waals surface area contributed by atoms with Crippen LogP contribution in [0.4, 0.5) is 0 Å². The predicted octanol–water partition coefficient (Wildman–Crippen LogP) is 3.87. The van der Waals surface area contributed by atoms with Crippen LogP contribution in [0.3, 0.4) is 0 Å². The van der Waals surface area contributed by atoms with E-state index in [1.165, 1.54) is 38.5 Å². The summed E-state index contributed by atoms with van der Waals surface area (Å²) in [6.45, 7) is 3.31. The third-order valence-electron chi connectivity index (χ3n) is 5.84. The Bertz CT molecular complexity index is 728. The van der Waals surface area contributed by atoms with E-state index in [0.717, 1.165) is 36.9 Å². The van der Waals surface area contributed by atoms with Gasteiger partial charge in [0.25, 0.3) is 0 Å². The van der Waals surface area contributed by atoms with E-state index in [2.05, 4.69) is 15.0 Å². The molecule has 1 atom stereocenters. The van der Waals surface area contributed by atoms with Crippen LogP contribution in [0.1, 0.15) is 56.9 Å². The van der Waals surface area contributed by atoms with Crippen molar-refractivity contribution in [3.8, 4) is 17.3 Å². The zero-order valence-corrected chi connectivity index (χ0v) is 16.7. The van der Waals surface area contributed by atoms with Crippen LogP contribution in [0.15, 0.2) is 22.9 Å². The van der Waals surface area contributed by atoms with Crippen molar-refractivity contribution in [3.63, 3.8) is 0 Å². The Hall–Kier alpha value is -1.99. The molecule has 0 radical (unpaired) electrons. The summed E-state index contributed by atoms with van der Waals surface area (Å²) in [5.74, 6) is 2.73. The minimum atomic E-state index is 0.257. The zero-order chi connectivity index (χ0) is 19.2. The van der Waals surface area contributed by atoms with E-state index in [-0.39, 0.29) is 6.04 Å². The van der Waals surface area contributed by atoms with Crippen LogP contribution in [-0.2, 0) is 4.74 Å². The highest BCUT2D eigenvalue weighted by atomic mass is 16.5. The standard InChI is InChI=1S/C21H30N4O3/c1-26-12-13-27-19-10-9-17(14-22-19)20-23-21(28-24-20)18-8-5-11-25(18)15-16-6-3-2-4-7-16/h9-10,14,16,18H,2-8,11-13,15H2,1H3/t18-/m1/s1. The molecular weight excluding hydrogens is 356 g/mol. The van der Waals surface area contributed by atoms with E-state index in [1.807, 2.05) is 12.1 Å². The van der Waals surface area contributed by atoms with Crippen molar-refractivity contribution in [2.75, 3.05) is 33.4 Å². The molecule has 2 aromatic heterocycles. The Labute approximate surface area is 166 Å². The second kappa shape index (κ2) is 9.47. The molecule has 0 unspecified atom stereocenters. The molecule has 2 aromatic rings. The summed E-state index contributed by atoms with van der Waals surface area (Å²) in [6.07, 6.45) is 10.9. The summed E-state index contributed by atoms with van der Waals surface area (Å²) in [5, 5.41) is 4.20. The largest absolute Gasteiger partial charge is 0.475 e. The van der Waals surface area contributed by atoms with Crippen molar-refractivity contribution in [1.82, 2.24) is 20.0 Å². The van der Waals surface area contributed by atoms with Crippen molar-refractivity contribution in [2.24, 2.45) is 5.92 Å². The lowest BCUT2D eigenvalue weighted by molar-refractivity contribution is 0.144. The highest BCUT2D eigenvalue weighted by molar-refractivity contribution is 5.53. The zero-order valence-electron chi connectivity index (χ0n) is 16.7. The minimum absolute atomic E-state index is 0.257. The summed E-state index contributed by atoms with van der Waals surface area (Å²) < 4.78 is 16.1. The van der Waals surface area contributed by atoms with Crippen molar-refractivity contribution in [2.45, 2.75) is 51.0 Å². The molecule has 1 aliphatic heterocycles. The molecule has 2 fully saturated rings. The second-order valence-corrected chi connectivity index (χ2v) is 7.84. The van der Waals surface area contributed by atoms with Gasteiger partial charge in [0.05, 0.1) is 12.6 Å². The molecule has 7 nitrogen and oxygen atoms in total. The average Bonchev–Trinajstić information content (AvgIpc) is 3.39. The van der Waals surface area contributed by atoms with E-state index in [9.17, 15) is 0 Å². The summed E-state index contributed by atoms with van der Waals surface area (Å²) in [4.78, 5) is 11.6. The number of nitrogens with zero attached hydrogens (tertiary/aromatic N) is 4. The molecule has 0 amide bonds. The highest BCUT2D eigenvalue weighted by Gasteiger charge is 2.32. The van der Waals surface area contributed by atoms with Gasteiger partial charge in [0, 0.05) is 31.5 Å². The molecule has 28 heavy (non-hydrogen) atoms. The molecule has 2 aliphatic rings. The summed E-state index contributed by atoms with van der Waals surface area (Å²) in [7, 11) is 1.65. The van der Waals surface area contributed by atoms with Crippen LogP contribution in [0.2, 0.25) is 0 Å². The van der Waals surface area contributed by atoms with Gasteiger partial charge < -0.3 is 14.0 Å². The first-order chi connectivity index (χ1) is 13.8. The molecule has 0 N–H and O–H groups in total. The first-order valence-electron chi connectivity index (χ1n) is 10.5. The fraction of sp³-hybridized carbons (Fsp3) is 0.667. The van der Waals surface area contributed by atoms with Gasteiger partial charge in [-0.25, -0.2) is 4.98 Å². The van der Waals surface area contributed by atoms with Crippen molar-refractivity contribution in [3.05, 3.63) is 24.2 Å². The van der Waals surface area contributed by atoms with Crippen LogP contribution in [0.25, 0.3) is 11.4 Å². The van der Waals surface area contributed by atoms with E-state index in [0.29, 0.717) is 24.9 Å². The van der Waals surface area contributed by atoms with Crippen LogP contribution in [0, 0.1) is 5.92 Å². The molecule has 152 valence electrons. The number of pyridine rings is 1. The van der Waals surface area contributed by atoms with Gasteiger partial charge in [-0.2, -0.15) is 4.98 Å². The molecule has 3 heterocycles. The van der Waals surface area contributed by atoms with Crippen LogP contribution in [0.5, 0.6) is 5.88 Å². The molecular formula is C21H30N4O3. The Balaban J connectivity index is 1.39. The first kappa shape index (κ1) is 19.3. The maximum absolute atomic E-state index is 5.65. The monoisotopic (exact) mass is 386 g/mol. The SMILES string of the molecule is COCCOc1ccc(-c2noc([C@H]3CCCN3CC3CCCCC3)n2)cn1. The smallest absolute Gasteiger partial charge is 0.244 e. The van der Waals surface area contributed by atoms with Crippen LogP contribution < -0.4 is 4.74 Å². The number of hydrogen-bond donors (Lipinski definition) is 0. The fourth-order valence-corrected chi connectivity index (χ4v) is 4.34. The minimum Gasteiger partial charge on any atom is -0.475 e. The third-order valence-corrected chi connectivity index (χ3v) is 5.84. The Morgan fingerprint density at radius 1 is 1.11 bits per heavy atom. The summed E-state index contributed by atoms with van der Waals surface area (Å²) in [6, 6.07) is 4.00. The quantitative estimate of drug-likeness (QED) is 0.638. The number of ether oxygens (including phenoxy) is 2. The highest BCUT2D eigenvalue weighted by Crippen LogP contribution is 2.35. The lowest BCUT2D eigenvalue weighted by Gasteiger charge is -2.29. The van der Waals surface area contributed by atoms with Gasteiger partial charge in [-0.1, -0.05) is 24.4 Å². The van der Waals surface area contributed by atoms with Gasteiger partial charge in [-0.15, -0.1) is 0 Å². The van der Waals surface area contributed by atoms with Gasteiger partial charge in [0.1, 0.15) is 6.61 Å². The van der Waals surface area contributed by atoms with Crippen LogP contribution >= 0.6 is 0 Å². The topological polar surface area (TPSA) is 73.5 Å². The fourth-order valence-electron chi connectivity index (χ4n) is 4.34. The number of likely N-dealkylation sites (tertiary alicyclic amines) is 1. The second-order valence-electron chi connectivity index (χ2n) is 7.84. The molecule has 0 spiro atoms. The van der Waals surface area contributed by atoms with Gasteiger partial charge in [-0.3, -0.25) is 4.90 Å². The molecule has 0 aromatic carbocycles. The van der Waals surface area contributed by atoms with Crippen molar-refractivity contribution >= 4 is 0 Å². The molecule has 4 rings (SSSR count). The summed E-state index contributed by atoms with van der Waals surface area (Å²) >= 11 is 0. The normalized spacial score (nSPS) is 21.2. The molecule has 1 aliphatic carbocycles. The third kappa shape index (κ3) is 4.70. The van der Waals surface area contributed by atoms with E-state index >= 15 is 0 Å². The van der Waals surface area contributed by atoms with Crippen LogP contribution in [-0.4, -0.2) is 53.4 Å². The van der Waals surface area contributed by atoms with Crippen molar-refractivity contribution in [1.29, 1.82) is 0 Å². The number of hydrogen-bond acceptors (Lipinski definition) is 7. The van der Waals surface area contributed by atoms with Gasteiger partial charge >= 0.3 is 0 Å². The molecule has 1 saturated carbocycles. The van der Waals surface area contributed by atoms with Crippen molar-refractivity contribution < 1.29 is 14.0 Å². The lowest BCUT2D eigenvalue weighted by Crippen LogP contribution is -2.30.